The summed E-state index contributed by atoms with van der Waals surface area (Å²) in [6, 6.07) is 15.0. The fourth-order valence-electron chi connectivity index (χ4n) is 2.52. The molecule has 1 aromatic carbocycles. The van der Waals surface area contributed by atoms with Crippen LogP contribution in [0.4, 0.5) is 0 Å². The Labute approximate surface area is 125 Å². The molecule has 0 aliphatic carbocycles. The van der Waals surface area contributed by atoms with Crippen molar-refractivity contribution in [2.75, 3.05) is 0 Å². The van der Waals surface area contributed by atoms with Crippen LogP contribution in [0.5, 0.6) is 0 Å². The zero-order valence-electron chi connectivity index (χ0n) is 12.2. The Morgan fingerprint density at radius 3 is 2.50 bits per heavy atom. The highest BCUT2D eigenvalue weighted by Gasteiger charge is 2.17. The molecule has 3 heteroatoms. The molecule has 1 heterocycles. The van der Waals surface area contributed by atoms with Crippen molar-refractivity contribution < 1.29 is 0 Å². The monoisotopic (exact) mass is 284 g/mol. The molecule has 104 valence electrons. The highest BCUT2D eigenvalue weighted by atomic mass is 32.1. The molecule has 0 amide bonds. The summed E-state index contributed by atoms with van der Waals surface area (Å²) >= 11 is 1.83. The Morgan fingerprint density at radius 1 is 1.25 bits per heavy atom. The summed E-state index contributed by atoms with van der Waals surface area (Å²) in [5.41, 5.74) is 2.51. The van der Waals surface area contributed by atoms with Gasteiger partial charge >= 0.3 is 0 Å². The van der Waals surface area contributed by atoms with Crippen LogP contribution in [0.2, 0.25) is 0 Å². The van der Waals surface area contributed by atoms with Crippen molar-refractivity contribution in [3.63, 3.8) is 0 Å². The van der Waals surface area contributed by atoms with E-state index in [-0.39, 0.29) is 12.1 Å². The van der Waals surface area contributed by atoms with Crippen molar-refractivity contribution in [1.29, 1.82) is 5.26 Å². The van der Waals surface area contributed by atoms with Gasteiger partial charge in [-0.15, -0.1) is 11.3 Å². The van der Waals surface area contributed by atoms with Crippen LogP contribution in [0.15, 0.2) is 36.4 Å². The maximum absolute atomic E-state index is 9.05. The first-order valence-corrected chi connectivity index (χ1v) is 7.68. The van der Waals surface area contributed by atoms with Gasteiger partial charge in [0.1, 0.15) is 0 Å². The molecule has 0 saturated heterocycles. The molecule has 0 spiro atoms. The first-order valence-electron chi connectivity index (χ1n) is 6.86. The molecule has 0 saturated carbocycles. The van der Waals surface area contributed by atoms with Crippen molar-refractivity contribution in [2.45, 2.75) is 39.3 Å². The van der Waals surface area contributed by atoms with Crippen LogP contribution >= 0.6 is 11.3 Å². The maximum Gasteiger partial charge on any atom is 0.0641 e. The smallest absolute Gasteiger partial charge is 0.0641 e. The van der Waals surface area contributed by atoms with Crippen LogP contribution in [0.25, 0.3) is 0 Å². The molecule has 1 N–H and O–H groups in total. The number of hydrogen-bond acceptors (Lipinski definition) is 3. The van der Waals surface area contributed by atoms with E-state index < -0.39 is 0 Å². The average molecular weight is 284 g/mol. The zero-order valence-corrected chi connectivity index (χ0v) is 13.0. The minimum atomic E-state index is 0.0795. The highest BCUT2D eigenvalue weighted by molar-refractivity contribution is 7.12. The summed E-state index contributed by atoms with van der Waals surface area (Å²) in [5.74, 6) is 0. The van der Waals surface area contributed by atoms with Crippen molar-refractivity contribution in [3.8, 4) is 6.07 Å². The number of benzene rings is 1. The molecule has 1 aromatic heterocycles. The molecule has 20 heavy (non-hydrogen) atoms. The van der Waals surface area contributed by atoms with Gasteiger partial charge in [-0.05, 0) is 38.0 Å². The summed E-state index contributed by atoms with van der Waals surface area (Å²) in [7, 11) is 0. The molecule has 2 nitrogen and oxygen atoms in total. The maximum atomic E-state index is 9.05. The van der Waals surface area contributed by atoms with Gasteiger partial charge in [0.15, 0.2) is 0 Å². The predicted molar refractivity (Wildman–Crippen MR) is 84.8 cm³/mol. The lowest BCUT2D eigenvalue weighted by Gasteiger charge is -2.22. The highest BCUT2D eigenvalue weighted by Crippen LogP contribution is 2.28. The molecule has 2 aromatic rings. The van der Waals surface area contributed by atoms with E-state index in [2.05, 4.69) is 50.4 Å². The van der Waals surface area contributed by atoms with E-state index >= 15 is 0 Å². The molecule has 0 aliphatic heterocycles. The Kier molecular flexibility index (Phi) is 4.94. The number of nitrogens with zero attached hydrogens (tertiary/aromatic N) is 1. The SMILES string of the molecule is Cc1cc(C(C)NC(CC#N)c2ccccc2)c(C)s1. The van der Waals surface area contributed by atoms with Crippen molar-refractivity contribution >= 4 is 11.3 Å². The number of thiophene rings is 1. The third-order valence-electron chi connectivity index (χ3n) is 3.49. The fourth-order valence-corrected chi connectivity index (χ4v) is 3.54. The quantitative estimate of drug-likeness (QED) is 0.866. The molecule has 0 radical (unpaired) electrons. The molecule has 0 aliphatic rings. The van der Waals surface area contributed by atoms with Crippen molar-refractivity contribution in [2.24, 2.45) is 0 Å². The van der Waals surface area contributed by atoms with E-state index in [1.165, 1.54) is 20.9 Å². The first-order chi connectivity index (χ1) is 9.61. The molecular formula is C17H20N2S. The second kappa shape index (κ2) is 6.69. The van der Waals surface area contributed by atoms with E-state index in [9.17, 15) is 0 Å². The number of nitriles is 1. The minimum Gasteiger partial charge on any atom is -0.302 e. The van der Waals surface area contributed by atoms with Gasteiger partial charge in [-0.3, -0.25) is 0 Å². The van der Waals surface area contributed by atoms with Gasteiger partial charge in [0.2, 0.25) is 0 Å². The topological polar surface area (TPSA) is 35.8 Å². The third-order valence-corrected chi connectivity index (χ3v) is 4.48. The van der Waals surface area contributed by atoms with Gasteiger partial charge in [-0.25, -0.2) is 0 Å². The van der Waals surface area contributed by atoms with Gasteiger partial charge in [0.05, 0.1) is 12.5 Å². The predicted octanol–water partition coefficient (Wildman–Crippen LogP) is 4.67. The Balaban J connectivity index is 2.17. The number of aryl methyl sites for hydroxylation is 2. The van der Waals surface area contributed by atoms with E-state index in [1.54, 1.807) is 0 Å². The first kappa shape index (κ1) is 14.8. The van der Waals surface area contributed by atoms with Crippen LogP contribution in [0, 0.1) is 25.2 Å². The lowest BCUT2D eigenvalue weighted by Crippen LogP contribution is -2.24. The average Bonchev–Trinajstić information content (AvgIpc) is 2.78. The van der Waals surface area contributed by atoms with E-state index in [4.69, 9.17) is 5.26 Å². The summed E-state index contributed by atoms with van der Waals surface area (Å²) in [6.07, 6.45) is 0.483. The number of nitrogens with one attached hydrogen (secondary N) is 1. The summed E-state index contributed by atoms with van der Waals surface area (Å²) in [5, 5.41) is 12.6. The number of hydrogen-bond donors (Lipinski definition) is 1. The molecule has 2 unspecified atom stereocenters. The van der Waals surface area contributed by atoms with Crippen molar-refractivity contribution in [3.05, 3.63) is 57.3 Å². The van der Waals surface area contributed by atoms with E-state index in [1.807, 2.05) is 29.5 Å². The van der Waals surface area contributed by atoms with Gasteiger partial charge in [-0.1, -0.05) is 30.3 Å². The van der Waals surface area contributed by atoms with Gasteiger partial charge in [-0.2, -0.15) is 5.26 Å². The molecule has 0 fully saturated rings. The fraction of sp³-hybridized carbons (Fsp3) is 0.353. The van der Waals surface area contributed by atoms with Crippen LogP contribution < -0.4 is 5.32 Å². The largest absolute Gasteiger partial charge is 0.302 e. The standard InChI is InChI=1S/C17H20N2S/c1-12-11-16(14(3)20-12)13(2)19-17(9-10-18)15-7-5-4-6-8-15/h4-8,11,13,17,19H,9H2,1-3H3. The second-order valence-corrected chi connectivity index (χ2v) is 6.54. The Hall–Kier alpha value is -1.63. The third kappa shape index (κ3) is 3.47. The summed E-state index contributed by atoms with van der Waals surface area (Å²) < 4.78 is 0. The van der Waals surface area contributed by atoms with E-state index in [0.717, 1.165) is 0 Å². The lowest BCUT2D eigenvalue weighted by molar-refractivity contribution is 0.472. The van der Waals surface area contributed by atoms with E-state index in [0.29, 0.717) is 6.42 Å². The lowest BCUT2D eigenvalue weighted by atomic mass is 10.0. The van der Waals surface area contributed by atoms with Crippen LogP contribution in [-0.4, -0.2) is 0 Å². The van der Waals surface area contributed by atoms with Crippen LogP contribution in [0.1, 0.15) is 46.3 Å². The van der Waals surface area contributed by atoms with Crippen molar-refractivity contribution in [1.82, 2.24) is 5.32 Å². The molecule has 2 atom stereocenters. The van der Waals surface area contributed by atoms with Gasteiger partial charge in [0.25, 0.3) is 0 Å². The second-order valence-electron chi connectivity index (χ2n) is 5.08. The van der Waals surface area contributed by atoms with Gasteiger partial charge < -0.3 is 5.32 Å². The number of rotatable bonds is 5. The molecule has 2 rings (SSSR count). The van der Waals surface area contributed by atoms with Crippen LogP contribution in [0.3, 0.4) is 0 Å². The zero-order chi connectivity index (χ0) is 14.5. The van der Waals surface area contributed by atoms with Crippen LogP contribution in [-0.2, 0) is 0 Å². The minimum absolute atomic E-state index is 0.0795. The molecule has 0 bridgehead atoms. The summed E-state index contributed by atoms with van der Waals surface area (Å²) in [4.78, 5) is 2.69. The normalized spacial score (nSPS) is 13.7. The molecular weight excluding hydrogens is 264 g/mol. The Bertz CT molecular complexity index is 595. The Morgan fingerprint density at radius 2 is 1.95 bits per heavy atom. The summed E-state index contributed by atoms with van der Waals surface area (Å²) in [6.45, 7) is 6.46. The van der Waals surface area contributed by atoms with Gasteiger partial charge in [0, 0.05) is 21.8 Å².